The van der Waals surface area contributed by atoms with Gasteiger partial charge in [-0.3, -0.25) is 4.40 Å². The number of nitrogens with zero attached hydrogens (tertiary/aromatic N) is 3. The van der Waals surface area contributed by atoms with Crippen molar-refractivity contribution < 1.29 is 9.90 Å². The first kappa shape index (κ1) is 11.7. The van der Waals surface area contributed by atoms with Crippen molar-refractivity contribution in [1.29, 1.82) is 0 Å². The summed E-state index contributed by atoms with van der Waals surface area (Å²) < 4.78 is 1.95. The summed E-state index contributed by atoms with van der Waals surface area (Å²) in [5, 5.41) is 9.90. The first-order valence-corrected chi connectivity index (χ1v) is 6.35. The molecule has 0 atom stereocenters. The van der Waals surface area contributed by atoms with E-state index in [4.69, 9.17) is 5.11 Å². The maximum atomic E-state index is 10.9. The lowest BCUT2D eigenvalue weighted by atomic mass is 10.3. The molecule has 0 unspecified atom stereocenters. The molecule has 1 N–H and O–H groups in total. The second-order valence-corrected chi connectivity index (χ2v) is 4.90. The van der Waals surface area contributed by atoms with Crippen LogP contribution in [0, 0.1) is 0 Å². The summed E-state index contributed by atoms with van der Waals surface area (Å²) in [6.45, 7) is 0. The van der Waals surface area contributed by atoms with Crippen LogP contribution >= 0.6 is 11.8 Å². The molecular formula is C13H9N3O2S. The minimum atomic E-state index is -1.02. The molecule has 0 bridgehead atoms. The number of hydrogen-bond acceptors (Lipinski definition) is 4. The molecule has 0 radical (unpaired) electrons. The average Bonchev–Trinajstić information content (AvgIpc) is 2.88. The van der Waals surface area contributed by atoms with E-state index in [1.54, 1.807) is 18.3 Å². The van der Waals surface area contributed by atoms with E-state index in [1.807, 2.05) is 28.8 Å². The van der Waals surface area contributed by atoms with Crippen molar-refractivity contribution in [3.05, 3.63) is 54.6 Å². The van der Waals surface area contributed by atoms with Gasteiger partial charge < -0.3 is 5.11 Å². The zero-order valence-corrected chi connectivity index (χ0v) is 10.5. The first-order chi connectivity index (χ1) is 9.24. The molecule has 19 heavy (non-hydrogen) atoms. The van der Waals surface area contributed by atoms with Crippen molar-refractivity contribution in [3.63, 3.8) is 0 Å². The van der Waals surface area contributed by atoms with Gasteiger partial charge in [0.05, 0.1) is 5.03 Å². The molecule has 3 rings (SSSR count). The molecule has 0 aromatic carbocycles. The largest absolute Gasteiger partial charge is 0.477 e. The van der Waals surface area contributed by atoms with Gasteiger partial charge in [-0.1, -0.05) is 17.8 Å². The van der Waals surface area contributed by atoms with Crippen molar-refractivity contribution in [2.75, 3.05) is 0 Å². The van der Waals surface area contributed by atoms with Gasteiger partial charge >= 0.3 is 5.97 Å². The predicted molar refractivity (Wildman–Crippen MR) is 70.5 cm³/mol. The lowest BCUT2D eigenvalue weighted by Crippen LogP contribution is -1.99. The molecule has 0 fully saturated rings. The highest BCUT2D eigenvalue weighted by Crippen LogP contribution is 2.28. The normalized spacial score (nSPS) is 10.7. The van der Waals surface area contributed by atoms with E-state index in [0.717, 1.165) is 15.6 Å². The Labute approximate surface area is 112 Å². The zero-order valence-electron chi connectivity index (χ0n) is 9.72. The Morgan fingerprint density at radius 3 is 2.95 bits per heavy atom. The van der Waals surface area contributed by atoms with Gasteiger partial charge in [-0.15, -0.1) is 0 Å². The number of fused-ring (bicyclic) bond motifs is 1. The van der Waals surface area contributed by atoms with Crippen LogP contribution < -0.4 is 0 Å². The monoisotopic (exact) mass is 271 g/mol. The average molecular weight is 271 g/mol. The van der Waals surface area contributed by atoms with Crippen molar-refractivity contribution in [2.45, 2.75) is 9.92 Å². The third-order valence-electron chi connectivity index (χ3n) is 2.56. The molecule has 0 aliphatic carbocycles. The molecule has 0 saturated heterocycles. The van der Waals surface area contributed by atoms with Crippen molar-refractivity contribution in [2.24, 2.45) is 0 Å². The van der Waals surface area contributed by atoms with Crippen LogP contribution in [0.2, 0.25) is 0 Å². The number of carbonyl (C=O) groups is 1. The van der Waals surface area contributed by atoms with Gasteiger partial charge in [0, 0.05) is 23.5 Å². The fourth-order valence-corrected chi connectivity index (χ4v) is 2.66. The van der Waals surface area contributed by atoms with Gasteiger partial charge in [0.15, 0.2) is 0 Å². The summed E-state index contributed by atoms with van der Waals surface area (Å²) in [5.41, 5.74) is 0.903. The number of hydrogen-bond donors (Lipinski definition) is 1. The summed E-state index contributed by atoms with van der Waals surface area (Å²) in [5.74, 6) is -1.02. The predicted octanol–water partition coefficient (Wildman–Crippen LogP) is 2.58. The first-order valence-electron chi connectivity index (χ1n) is 5.53. The van der Waals surface area contributed by atoms with Crippen molar-refractivity contribution in [1.82, 2.24) is 14.4 Å². The van der Waals surface area contributed by atoms with Crippen LogP contribution in [0.4, 0.5) is 0 Å². The van der Waals surface area contributed by atoms with Gasteiger partial charge in [-0.2, -0.15) is 0 Å². The number of carboxylic acids is 1. The van der Waals surface area contributed by atoms with Crippen LogP contribution in [0.5, 0.6) is 0 Å². The van der Waals surface area contributed by atoms with E-state index >= 15 is 0 Å². The Balaban J connectivity index is 1.99. The summed E-state index contributed by atoms with van der Waals surface area (Å²) in [4.78, 5) is 19.7. The molecule has 0 aliphatic heterocycles. The fraction of sp³-hybridized carbons (Fsp3) is 0. The molecule has 3 aromatic heterocycles. The fourth-order valence-electron chi connectivity index (χ4n) is 1.72. The molecular weight excluding hydrogens is 262 g/mol. The Morgan fingerprint density at radius 1 is 1.21 bits per heavy atom. The number of aromatic carboxylic acids is 1. The van der Waals surface area contributed by atoms with Crippen LogP contribution in [-0.4, -0.2) is 25.4 Å². The Kier molecular flexibility index (Phi) is 2.92. The number of carboxylic acid groups (broad SMARTS) is 1. The van der Waals surface area contributed by atoms with E-state index in [0.29, 0.717) is 0 Å². The van der Waals surface area contributed by atoms with Crippen LogP contribution in [0.15, 0.2) is 58.8 Å². The SMILES string of the molecule is O=C(O)c1cc(Sc2cccc3nccn23)ccn1. The van der Waals surface area contributed by atoms with E-state index < -0.39 is 5.97 Å². The third-order valence-corrected chi connectivity index (χ3v) is 3.60. The van der Waals surface area contributed by atoms with E-state index in [-0.39, 0.29) is 5.69 Å². The Morgan fingerprint density at radius 2 is 2.11 bits per heavy atom. The summed E-state index contributed by atoms with van der Waals surface area (Å²) >= 11 is 1.47. The van der Waals surface area contributed by atoms with Crippen LogP contribution in [0.1, 0.15) is 10.5 Å². The van der Waals surface area contributed by atoms with Crippen LogP contribution in [-0.2, 0) is 0 Å². The standard InChI is InChI=1S/C13H9N3O2S/c17-13(18)10-8-9(4-5-14-10)19-12-3-1-2-11-15-6-7-16(11)12/h1-8H,(H,17,18). The molecule has 94 valence electrons. The maximum absolute atomic E-state index is 10.9. The van der Waals surface area contributed by atoms with Crippen molar-refractivity contribution in [3.8, 4) is 0 Å². The summed E-state index contributed by atoms with van der Waals surface area (Å²) in [7, 11) is 0. The Hall–Kier alpha value is -2.34. The number of imidazole rings is 1. The minimum absolute atomic E-state index is 0.0443. The van der Waals surface area contributed by atoms with E-state index in [1.165, 1.54) is 18.0 Å². The smallest absolute Gasteiger partial charge is 0.354 e. The Bertz CT molecular complexity index is 754. The highest BCUT2D eigenvalue weighted by molar-refractivity contribution is 7.99. The number of pyridine rings is 2. The highest BCUT2D eigenvalue weighted by Gasteiger charge is 2.07. The van der Waals surface area contributed by atoms with Crippen LogP contribution in [0.3, 0.4) is 0 Å². The molecule has 6 heteroatoms. The topological polar surface area (TPSA) is 67.5 Å². The van der Waals surface area contributed by atoms with E-state index in [9.17, 15) is 4.79 Å². The lowest BCUT2D eigenvalue weighted by molar-refractivity contribution is 0.0690. The van der Waals surface area contributed by atoms with Gasteiger partial charge in [0.2, 0.25) is 0 Å². The molecule has 0 amide bonds. The zero-order chi connectivity index (χ0) is 13.2. The molecule has 5 nitrogen and oxygen atoms in total. The van der Waals surface area contributed by atoms with E-state index in [2.05, 4.69) is 9.97 Å². The van der Waals surface area contributed by atoms with Gasteiger partial charge in [-0.05, 0) is 24.3 Å². The number of rotatable bonds is 3. The summed E-state index contributed by atoms with van der Waals surface area (Å²) in [6, 6.07) is 9.14. The second-order valence-electron chi connectivity index (χ2n) is 3.80. The quantitative estimate of drug-likeness (QED) is 0.793. The second kappa shape index (κ2) is 4.74. The molecule has 3 aromatic rings. The highest BCUT2D eigenvalue weighted by atomic mass is 32.2. The number of aromatic nitrogens is 3. The van der Waals surface area contributed by atoms with Gasteiger partial charge in [0.1, 0.15) is 11.3 Å². The molecule has 0 aliphatic rings. The maximum Gasteiger partial charge on any atom is 0.354 e. The lowest BCUT2D eigenvalue weighted by Gasteiger charge is -2.05. The van der Waals surface area contributed by atoms with Gasteiger partial charge in [-0.25, -0.2) is 14.8 Å². The van der Waals surface area contributed by atoms with Crippen LogP contribution in [0.25, 0.3) is 5.65 Å². The van der Waals surface area contributed by atoms with Gasteiger partial charge in [0.25, 0.3) is 0 Å². The third kappa shape index (κ3) is 2.30. The molecule has 0 saturated carbocycles. The molecule has 3 heterocycles. The summed E-state index contributed by atoms with van der Waals surface area (Å²) in [6.07, 6.45) is 5.10. The minimum Gasteiger partial charge on any atom is -0.477 e. The van der Waals surface area contributed by atoms with Crippen molar-refractivity contribution >= 4 is 23.4 Å². The molecule has 0 spiro atoms.